The highest BCUT2D eigenvalue weighted by Crippen LogP contribution is 2.19. The first kappa shape index (κ1) is 14.4. The molecule has 0 aliphatic carbocycles. The zero-order chi connectivity index (χ0) is 13.7. The van der Waals surface area contributed by atoms with Crippen LogP contribution in [0.4, 0.5) is 4.39 Å². The molecule has 1 rings (SSSR count). The number of aromatic hydroxyl groups is 1. The average molecular weight is 255 g/mol. The van der Waals surface area contributed by atoms with E-state index in [2.05, 4.69) is 0 Å². The summed E-state index contributed by atoms with van der Waals surface area (Å²) in [6, 6.07) is 3.34. The molecule has 0 atom stereocenters. The molecule has 0 saturated heterocycles. The summed E-state index contributed by atoms with van der Waals surface area (Å²) >= 11 is 0. The first-order valence-corrected chi connectivity index (χ1v) is 5.77. The van der Waals surface area contributed by atoms with Crippen molar-refractivity contribution in [2.24, 2.45) is 0 Å². The zero-order valence-electron chi connectivity index (χ0n) is 10.8. The van der Waals surface area contributed by atoms with E-state index in [0.29, 0.717) is 13.2 Å². The van der Waals surface area contributed by atoms with Crippen molar-refractivity contribution in [3.63, 3.8) is 0 Å². The molecule has 0 heterocycles. The van der Waals surface area contributed by atoms with E-state index in [4.69, 9.17) is 4.74 Å². The lowest BCUT2D eigenvalue weighted by Gasteiger charge is -2.18. The normalized spacial score (nSPS) is 10.7. The van der Waals surface area contributed by atoms with Crippen molar-refractivity contribution in [2.75, 3.05) is 20.2 Å². The third-order valence-corrected chi connectivity index (χ3v) is 2.41. The molecule has 1 amide bonds. The molecule has 1 aromatic carbocycles. The first-order valence-electron chi connectivity index (χ1n) is 5.77. The van der Waals surface area contributed by atoms with Crippen molar-refractivity contribution in [3.8, 4) is 5.75 Å². The number of likely N-dealkylation sites (N-methyl/N-ethyl adjacent to an activating group) is 1. The van der Waals surface area contributed by atoms with E-state index in [9.17, 15) is 14.3 Å². The van der Waals surface area contributed by atoms with Gasteiger partial charge in [0.15, 0.2) is 0 Å². The van der Waals surface area contributed by atoms with Crippen LogP contribution in [0.5, 0.6) is 5.75 Å². The van der Waals surface area contributed by atoms with Gasteiger partial charge in [-0.1, -0.05) is 0 Å². The average Bonchev–Trinajstić information content (AvgIpc) is 2.27. The van der Waals surface area contributed by atoms with Crippen LogP contribution >= 0.6 is 0 Å². The molecule has 0 saturated carbocycles. The Morgan fingerprint density at radius 2 is 2.17 bits per heavy atom. The van der Waals surface area contributed by atoms with Gasteiger partial charge in [-0.15, -0.1) is 0 Å². The van der Waals surface area contributed by atoms with Gasteiger partial charge in [-0.25, -0.2) is 4.39 Å². The third kappa shape index (κ3) is 4.00. The van der Waals surface area contributed by atoms with Crippen LogP contribution in [0.1, 0.15) is 24.2 Å². The Hall–Kier alpha value is -1.62. The molecule has 0 fully saturated rings. The number of phenols is 1. The van der Waals surface area contributed by atoms with Gasteiger partial charge in [-0.3, -0.25) is 4.79 Å². The fourth-order valence-electron chi connectivity index (χ4n) is 1.42. The number of benzene rings is 1. The van der Waals surface area contributed by atoms with Crippen LogP contribution in [0.15, 0.2) is 18.2 Å². The van der Waals surface area contributed by atoms with Crippen LogP contribution in [-0.2, 0) is 4.74 Å². The minimum Gasteiger partial charge on any atom is -0.507 e. The minimum atomic E-state index is -0.574. The monoisotopic (exact) mass is 255 g/mol. The molecule has 0 bridgehead atoms. The lowest BCUT2D eigenvalue weighted by molar-refractivity contribution is 0.0530. The molecule has 0 radical (unpaired) electrons. The van der Waals surface area contributed by atoms with Crippen molar-refractivity contribution in [2.45, 2.75) is 20.0 Å². The number of carbonyl (C=O) groups excluding carboxylic acids is 1. The third-order valence-electron chi connectivity index (χ3n) is 2.41. The topological polar surface area (TPSA) is 49.8 Å². The van der Waals surface area contributed by atoms with E-state index in [1.165, 1.54) is 11.0 Å². The second-order valence-electron chi connectivity index (χ2n) is 4.31. The molecule has 4 nitrogen and oxygen atoms in total. The van der Waals surface area contributed by atoms with Crippen LogP contribution in [0.2, 0.25) is 0 Å². The van der Waals surface area contributed by atoms with Crippen LogP contribution < -0.4 is 0 Å². The summed E-state index contributed by atoms with van der Waals surface area (Å²) in [5.41, 5.74) is 0.0865. The van der Waals surface area contributed by atoms with Crippen molar-refractivity contribution < 1.29 is 19.0 Å². The summed E-state index contributed by atoms with van der Waals surface area (Å²) in [5.74, 6) is -1.29. The Balaban J connectivity index is 2.63. The Morgan fingerprint density at radius 3 is 2.72 bits per heavy atom. The Labute approximate surface area is 106 Å². The predicted octanol–water partition coefficient (Wildman–Crippen LogP) is 2.03. The molecule has 5 heteroatoms. The van der Waals surface area contributed by atoms with E-state index in [0.717, 1.165) is 12.1 Å². The van der Waals surface area contributed by atoms with Crippen molar-refractivity contribution in [1.29, 1.82) is 0 Å². The number of ether oxygens (including phenoxy) is 1. The standard InChI is InChI=1S/C13H18FNO3/c1-9(2)18-7-6-15(3)13(17)11-5-4-10(14)8-12(11)16/h4-5,8-9,16H,6-7H2,1-3H3. The number of halogens is 1. The van der Waals surface area contributed by atoms with Crippen LogP contribution in [-0.4, -0.2) is 42.2 Å². The number of hydrogen-bond acceptors (Lipinski definition) is 3. The van der Waals surface area contributed by atoms with E-state index in [1.807, 2.05) is 13.8 Å². The summed E-state index contributed by atoms with van der Waals surface area (Å²) in [7, 11) is 1.61. The Bertz CT molecular complexity index is 421. The number of rotatable bonds is 5. The van der Waals surface area contributed by atoms with Gasteiger partial charge in [-0.05, 0) is 26.0 Å². The van der Waals surface area contributed by atoms with E-state index < -0.39 is 5.82 Å². The van der Waals surface area contributed by atoms with Gasteiger partial charge in [0.05, 0.1) is 18.3 Å². The molecule has 1 N–H and O–H groups in total. The molecule has 0 spiro atoms. The lowest BCUT2D eigenvalue weighted by atomic mass is 10.1. The molecule has 0 aromatic heterocycles. The summed E-state index contributed by atoms with van der Waals surface area (Å²) < 4.78 is 18.1. The quantitative estimate of drug-likeness (QED) is 0.875. The maximum Gasteiger partial charge on any atom is 0.257 e. The van der Waals surface area contributed by atoms with Crippen molar-refractivity contribution >= 4 is 5.91 Å². The molecule has 0 unspecified atom stereocenters. The van der Waals surface area contributed by atoms with Gasteiger partial charge < -0.3 is 14.7 Å². The first-order chi connectivity index (χ1) is 8.41. The van der Waals surface area contributed by atoms with Gasteiger partial charge in [0.25, 0.3) is 5.91 Å². The van der Waals surface area contributed by atoms with Crippen molar-refractivity contribution in [1.82, 2.24) is 4.90 Å². The summed E-state index contributed by atoms with van der Waals surface area (Å²) in [6.45, 7) is 4.65. The number of hydrogen-bond donors (Lipinski definition) is 1. The van der Waals surface area contributed by atoms with Gasteiger partial charge in [0.1, 0.15) is 11.6 Å². The Kier molecular flexibility index (Phi) is 5.09. The number of amides is 1. The Morgan fingerprint density at radius 1 is 1.50 bits per heavy atom. The molecular weight excluding hydrogens is 237 g/mol. The summed E-state index contributed by atoms with van der Waals surface area (Å²) in [5, 5.41) is 9.51. The highest BCUT2D eigenvalue weighted by molar-refractivity contribution is 5.96. The van der Waals surface area contributed by atoms with Crippen LogP contribution in [0.25, 0.3) is 0 Å². The highest BCUT2D eigenvalue weighted by atomic mass is 19.1. The SMILES string of the molecule is CC(C)OCCN(C)C(=O)c1ccc(F)cc1O. The lowest BCUT2D eigenvalue weighted by Crippen LogP contribution is -2.30. The molecule has 1 aromatic rings. The second kappa shape index (κ2) is 6.35. The second-order valence-corrected chi connectivity index (χ2v) is 4.31. The maximum atomic E-state index is 12.8. The van der Waals surface area contributed by atoms with E-state index in [1.54, 1.807) is 7.05 Å². The van der Waals surface area contributed by atoms with Crippen LogP contribution in [0, 0.1) is 5.82 Å². The van der Waals surface area contributed by atoms with Crippen molar-refractivity contribution in [3.05, 3.63) is 29.6 Å². The largest absolute Gasteiger partial charge is 0.507 e. The fourth-order valence-corrected chi connectivity index (χ4v) is 1.42. The van der Waals surface area contributed by atoms with Gasteiger partial charge in [0.2, 0.25) is 0 Å². The molecule has 100 valence electrons. The molecule has 18 heavy (non-hydrogen) atoms. The summed E-state index contributed by atoms with van der Waals surface area (Å²) in [4.78, 5) is 13.4. The zero-order valence-corrected chi connectivity index (χ0v) is 10.8. The predicted molar refractivity (Wildman–Crippen MR) is 66.1 cm³/mol. The van der Waals surface area contributed by atoms with Crippen LogP contribution in [0.3, 0.4) is 0 Å². The van der Waals surface area contributed by atoms with Gasteiger partial charge in [0, 0.05) is 19.7 Å². The maximum absolute atomic E-state index is 12.8. The highest BCUT2D eigenvalue weighted by Gasteiger charge is 2.16. The fraction of sp³-hybridized carbons (Fsp3) is 0.462. The molecular formula is C13H18FNO3. The minimum absolute atomic E-state index is 0.0865. The molecule has 0 aliphatic heterocycles. The van der Waals surface area contributed by atoms with Gasteiger partial charge >= 0.3 is 0 Å². The molecule has 0 aliphatic rings. The van der Waals surface area contributed by atoms with E-state index >= 15 is 0 Å². The van der Waals surface area contributed by atoms with Gasteiger partial charge in [-0.2, -0.15) is 0 Å². The summed E-state index contributed by atoms with van der Waals surface area (Å²) in [6.07, 6.45) is 0.104. The number of phenolic OH excluding ortho intramolecular Hbond substituents is 1. The number of nitrogens with zero attached hydrogens (tertiary/aromatic N) is 1. The van der Waals surface area contributed by atoms with E-state index in [-0.39, 0.29) is 23.3 Å². The smallest absolute Gasteiger partial charge is 0.257 e. The number of carbonyl (C=O) groups is 1.